The minimum Gasteiger partial charge on any atom is -0.396 e. The van der Waals surface area contributed by atoms with E-state index in [1.807, 2.05) is 0 Å². The number of amides is 2. The number of nitrogen functional groups attached to an aromatic ring is 1. The zero-order chi connectivity index (χ0) is 11.7. The van der Waals surface area contributed by atoms with E-state index in [9.17, 15) is 9.59 Å². The highest BCUT2D eigenvalue weighted by Crippen LogP contribution is 2.23. The van der Waals surface area contributed by atoms with Crippen LogP contribution in [0.5, 0.6) is 0 Å². The first kappa shape index (κ1) is 10.7. The Hall–Kier alpha value is -1.82. The summed E-state index contributed by atoms with van der Waals surface area (Å²) < 4.78 is 0. The summed E-state index contributed by atoms with van der Waals surface area (Å²) in [6, 6.07) is 3.13. The van der Waals surface area contributed by atoms with Crippen LogP contribution in [0.25, 0.3) is 0 Å². The van der Waals surface area contributed by atoms with Crippen LogP contribution in [0, 0.1) is 0 Å². The minimum atomic E-state index is -0.377. The van der Waals surface area contributed by atoms with Crippen molar-refractivity contribution < 1.29 is 9.59 Å². The van der Waals surface area contributed by atoms with E-state index in [1.165, 1.54) is 4.90 Å². The Morgan fingerprint density at radius 1 is 1.31 bits per heavy atom. The van der Waals surface area contributed by atoms with Crippen LogP contribution in [0.3, 0.4) is 0 Å². The largest absolute Gasteiger partial charge is 0.396 e. The molecule has 0 spiro atoms. The molecule has 1 fully saturated rings. The van der Waals surface area contributed by atoms with Gasteiger partial charge in [-0.05, 0) is 12.1 Å². The number of imide groups is 1. The van der Waals surface area contributed by atoms with Gasteiger partial charge in [0.2, 0.25) is 11.8 Å². The number of carbonyl (C=O) groups is 2. The van der Waals surface area contributed by atoms with E-state index in [0.717, 1.165) is 0 Å². The Morgan fingerprint density at radius 3 is 2.56 bits per heavy atom. The molecule has 0 unspecified atom stereocenters. The smallest absolute Gasteiger partial charge is 0.246 e. The van der Waals surface area contributed by atoms with E-state index in [1.54, 1.807) is 12.1 Å². The second kappa shape index (κ2) is 3.97. The highest BCUT2D eigenvalue weighted by Gasteiger charge is 2.24. The number of hydrogen-bond acceptors (Lipinski definition) is 5. The topological polar surface area (TPSA) is 88.3 Å². The quantitative estimate of drug-likeness (QED) is 0.523. The Labute approximate surface area is 96.4 Å². The normalized spacial score (nSPS) is 16.2. The molecule has 7 heteroatoms. The van der Waals surface area contributed by atoms with Crippen LogP contribution >= 0.6 is 11.6 Å². The zero-order valence-corrected chi connectivity index (χ0v) is 8.99. The highest BCUT2D eigenvalue weighted by molar-refractivity contribution is 6.29. The summed E-state index contributed by atoms with van der Waals surface area (Å²) in [5, 5.41) is 2.46. The molecule has 0 radical (unpaired) electrons. The molecule has 6 nitrogen and oxygen atoms in total. The van der Waals surface area contributed by atoms with Crippen molar-refractivity contribution in [3.63, 3.8) is 0 Å². The molecule has 3 N–H and O–H groups in total. The number of rotatable bonds is 1. The number of halogens is 1. The summed E-state index contributed by atoms with van der Waals surface area (Å²) >= 11 is 5.73. The molecule has 0 bridgehead atoms. The van der Waals surface area contributed by atoms with Crippen molar-refractivity contribution in [2.45, 2.75) is 0 Å². The van der Waals surface area contributed by atoms with Gasteiger partial charge in [0.05, 0.1) is 18.8 Å². The Balaban J connectivity index is 2.32. The van der Waals surface area contributed by atoms with E-state index >= 15 is 0 Å². The fourth-order valence-corrected chi connectivity index (χ4v) is 1.62. The van der Waals surface area contributed by atoms with Crippen LogP contribution in [0.15, 0.2) is 12.1 Å². The van der Waals surface area contributed by atoms with Crippen molar-refractivity contribution in [3.05, 3.63) is 17.3 Å². The molecule has 1 aromatic rings. The summed E-state index contributed by atoms with van der Waals surface area (Å²) in [6.45, 7) is 0.0898. The number of pyridine rings is 1. The van der Waals surface area contributed by atoms with E-state index in [4.69, 9.17) is 17.3 Å². The van der Waals surface area contributed by atoms with Crippen molar-refractivity contribution >= 4 is 34.9 Å². The molecule has 2 rings (SSSR count). The highest BCUT2D eigenvalue weighted by atomic mass is 35.5. The third-order valence-electron chi connectivity index (χ3n) is 2.12. The van der Waals surface area contributed by atoms with Gasteiger partial charge in [-0.3, -0.25) is 14.9 Å². The first-order valence-corrected chi connectivity index (χ1v) is 4.93. The number of piperazine rings is 1. The monoisotopic (exact) mass is 240 g/mol. The van der Waals surface area contributed by atoms with Crippen LogP contribution < -0.4 is 16.0 Å². The Kier molecular flexibility index (Phi) is 2.66. The van der Waals surface area contributed by atoms with E-state index < -0.39 is 0 Å². The van der Waals surface area contributed by atoms with Gasteiger partial charge in [0, 0.05) is 0 Å². The van der Waals surface area contributed by atoms with Gasteiger partial charge in [0.15, 0.2) is 5.82 Å². The summed E-state index contributed by atoms with van der Waals surface area (Å²) in [5.41, 5.74) is 6.09. The maximum Gasteiger partial charge on any atom is 0.246 e. The van der Waals surface area contributed by atoms with Crippen molar-refractivity contribution in [1.29, 1.82) is 0 Å². The van der Waals surface area contributed by atoms with Crippen LogP contribution in [0.2, 0.25) is 5.15 Å². The van der Waals surface area contributed by atoms with E-state index in [-0.39, 0.29) is 30.1 Å². The number of carbonyl (C=O) groups excluding carboxylic acids is 2. The molecule has 1 aliphatic heterocycles. The maximum absolute atomic E-state index is 11.2. The van der Waals surface area contributed by atoms with Gasteiger partial charge in [-0.2, -0.15) is 0 Å². The van der Waals surface area contributed by atoms with Gasteiger partial charge >= 0.3 is 0 Å². The Bertz CT molecular complexity index is 447. The summed E-state index contributed by atoms with van der Waals surface area (Å²) in [4.78, 5) is 27.8. The second-order valence-electron chi connectivity index (χ2n) is 3.37. The summed E-state index contributed by atoms with van der Waals surface area (Å²) in [7, 11) is 0. The fraction of sp³-hybridized carbons (Fsp3) is 0.222. The van der Waals surface area contributed by atoms with Crippen LogP contribution in [0.1, 0.15) is 0 Å². The van der Waals surface area contributed by atoms with Crippen molar-refractivity contribution in [1.82, 2.24) is 10.3 Å². The molecule has 1 aromatic heterocycles. The number of nitrogens with two attached hydrogens (primary N) is 1. The number of anilines is 2. The predicted octanol–water partition coefficient (Wildman–Crippen LogP) is -0.220. The molecule has 0 atom stereocenters. The minimum absolute atomic E-state index is 0.0449. The number of aromatic nitrogens is 1. The van der Waals surface area contributed by atoms with Crippen LogP contribution in [0.4, 0.5) is 11.5 Å². The lowest BCUT2D eigenvalue weighted by Crippen LogP contribution is -2.51. The molecule has 0 saturated carbocycles. The first-order valence-electron chi connectivity index (χ1n) is 4.56. The predicted molar refractivity (Wildman–Crippen MR) is 59.0 cm³/mol. The third kappa shape index (κ3) is 2.06. The van der Waals surface area contributed by atoms with Gasteiger partial charge in [0.1, 0.15) is 5.15 Å². The molecule has 84 valence electrons. The van der Waals surface area contributed by atoms with Crippen LogP contribution in [-0.4, -0.2) is 29.9 Å². The lowest BCUT2D eigenvalue weighted by molar-refractivity contribution is -0.130. The fourth-order valence-electron chi connectivity index (χ4n) is 1.48. The van der Waals surface area contributed by atoms with Crippen molar-refractivity contribution in [3.8, 4) is 0 Å². The third-order valence-corrected chi connectivity index (χ3v) is 2.33. The molecule has 0 aromatic carbocycles. The first-order chi connectivity index (χ1) is 7.56. The lowest BCUT2D eigenvalue weighted by Gasteiger charge is -2.27. The zero-order valence-electron chi connectivity index (χ0n) is 8.24. The molecular weight excluding hydrogens is 232 g/mol. The number of hydrogen-bond donors (Lipinski definition) is 2. The van der Waals surface area contributed by atoms with Gasteiger partial charge in [-0.1, -0.05) is 11.6 Å². The van der Waals surface area contributed by atoms with E-state index in [0.29, 0.717) is 11.5 Å². The van der Waals surface area contributed by atoms with Gasteiger partial charge in [-0.25, -0.2) is 4.98 Å². The maximum atomic E-state index is 11.2. The lowest BCUT2D eigenvalue weighted by atomic mass is 10.3. The van der Waals surface area contributed by atoms with Gasteiger partial charge in [0.25, 0.3) is 0 Å². The van der Waals surface area contributed by atoms with Crippen molar-refractivity contribution in [2.75, 3.05) is 23.7 Å². The van der Waals surface area contributed by atoms with Gasteiger partial charge < -0.3 is 10.6 Å². The average molecular weight is 241 g/mol. The number of nitrogens with one attached hydrogen (secondary N) is 1. The molecule has 2 amide bonds. The number of nitrogens with zero attached hydrogens (tertiary/aromatic N) is 2. The summed E-state index contributed by atoms with van der Waals surface area (Å²) in [6.07, 6.45) is 0. The average Bonchev–Trinajstić information content (AvgIpc) is 2.20. The van der Waals surface area contributed by atoms with Gasteiger partial charge in [-0.15, -0.1) is 0 Å². The van der Waals surface area contributed by atoms with Crippen LogP contribution in [-0.2, 0) is 9.59 Å². The second-order valence-corrected chi connectivity index (χ2v) is 3.76. The van der Waals surface area contributed by atoms with Crippen molar-refractivity contribution in [2.24, 2.45) is 0 Å². The molecule has 2 heterocycles. The SMILES string of the molecule is Nc1ccc(Cl)nc1N1CC(=O)NC(=O)C1. The molecule has 1 aliphatic rings. The summed E-state index contributed by atoms with van der Waals surface area (Å²) in [5.74, 6) is -0.398. The standard InChI is InChI=1S/C9H9ClN4O2/c10-6-2-1-5(11)9(12-6)14-3-7(15)13-8(16)4-14/h1-2H,3-4,11H2,(H,13,15,16). The molecule has 0 aliphatic carbocycles. The molecule has 16 heavy (non-hydrogen) atoms. The molecular formula is C9H9ClN4O2. The Morgan fingerprint density at radius 2 is 1.94 bits per heavy atom. The molecule has 1 saturated heterocycles. The van der Waals surface area contributed by atoms with E-state index in [2.05, 4.69) is 10.3 Å².